The van der Waals surface area contributed by atoms with Gasteiger partial charge in [-0.05, 0) is 12.3 Å². The van der Waals surface area contributed by atoms with Crippen molar-refractivity contribution in [2.45, 2.75) is 32.4 Å². The molecule has 5 nitrogen and oxygen atoms in total. The minimum atomic E-state index is -0.983. The maximum absolute atomic E-state index is 11.6. The quantitative estimate of drug-likeness (QED) is 0.739. The van der Waals surface area contributed by atoms with Crippen molar-refractivity contribution in [1.29, 1.82) is 0 Å². The Kier molecular flexibility index (Phi) is 3.93. The molecule has 1 heterocycles. The SMILES string of the molecule is C=CC(OC(=O)N1CCC1C(=O)O)C(C)C. The van der Waals surface area contributed by atoms with E-state index in [1.54, 1.807) is 6.08 Å². The highest BCUT2D eigenvalue weighted by molar-refractivity contribution is 5.82. The maximum Gasteiger partial charge on any atom is 0.411 e. The third kappa shape index (κ3) is 2.53. The summed E-state index contributed by atoms with van der Waals surface area (Å²) in [6.45, 7) is 7.84. The summed E-state index contributed by atoms with van der Waals surface area (Å²) in [6, 6.07) is -0.731. The first-order valence-electron chi connectivity index (χ1n) is 5.30. The number of aliphatic carboxylic acids is 1. The first-order chi connectivity index (χ1) is 7.47. The van der Waals surface area contributed by atoms with E-state index >= 15 is 0 Å². The van der Waals surface area contributed by atoms with E-state index in [0.717, 1.165) is 0 Å². The van der Waals surface area contributed by atoms with Gasteiger partial charge in [0.15, 0.2) is 0 Å². The zero-order valence-electron chi connectivity index (χ0n) is 9.55. The molecule has 1 aliphatic heterocycles. The monoisotopic (exact) mass is 227 g/mol. The number of carboxylic acid groups (broad SMARTS) is 1. The molecular weight excluding hydrogens is 210 g/mol. The lowest BCUT2D eigenvalue weighted by Gasteiger charge is -2.37. The van der Waals surface area contributed by atoms with Crippen LogP contribution in [0.25, 0.3) is 0 Å². The fourth-order valence-electron chi connectivity index (χ4n) is 1.50. The maximum atomic E-state index is 11.6. The van der Waals surface area contributed by atoms with E-state index in [0.29, 0.717) is 13.0 Å². The molecule has 1 aliphatic rings. The Balaban J connectivity index is 2.52. The average Bonchev–Trinajstić information content (AvgIpc) is 2.10. The van der Waals surface area contributed by atoms with Crippen LogP contribution in [0, 0.1) is 5.92 Å². The first kappa shape index (κ1) is 12.5. The lowest BCUT2D eigenvalue weighted by atomic mass is 10.0. The van der Waals surface area contributed by atoms with Gasteiger partial charge < -0.3 is 9.84 Å². The predicted molar refractivity (Wildman–Crippen MR) is 58.1 cm³/mol. The van der Waals surface area contributed by atoms with Crippen LogP contribution in [0.4, 0.5) is 4.79 Å². The van der Waals surface area contributed by atoms with Gasteiger partial charge in [0.2, 0.25) is 0 Å². The highest BCUT2D eigenvalue weighted by atomic mass is 16.6. The van der Waals surface area contributed by atoms with Gasteiger partial charge >= 0.3 is 12.1 Å². The molecule has 0 spiro atoms. The molecule has 16 heavy (non-hydrogen) atoms. The van der Waals surface area contributed by atoms with Crippen LogP contribution in [0.15, 0.2) is 12.7 Å². The molecule has 0 aromatic rings. The summed E-state index contributed by atoms with van der Waals surface area (Å²) in [5, 5.41) is 8.78. The van der Waals surface area contributed by atoms with Crippen LogP contribution < -0.4 is 0 Å². The Morgan fingerprint density at radius 3 is 2.50 bits per heavy atom. The minimum absolute atomic E-state index is 0.131. The molecule has 2 unspecified atom stereocenters. The third-order valence-electron chi connectivity index (χ3n) is 2.67. The van der Waals surface area contributed by atoms with Crippen molar-refractivity contribution < 1.29 is 19.4 Å². The third-order valence-corrected chi connectivity index (χ3v) is 2.67. The molecule has 5 heteroatoms. The van der Waals surface area contributed by atoms with Crippen LogP contribution in [-0.4, -0.2) is 40.8 Å². The molecule has 2 atom stereocenters. The summed E-state index contributed by atoms with van der Waals surface area (Å²) in [4.78, 5) is 23.5. The molecule has 1 rings (SSSR count). The lowest BCUT2D eigenvalue weighted by molar-refractivity contribution is -0.147. The summed E-state index contributed by atoms with van der Waals surface area (Å²) in [5.41, 5.74) is 0. The first-order valence-corrected chi connectivity index (χ1v) is 5.30. The van der Waals surface area contributed by atoms with Crippen molar-refractivity contribution in [3.63, 3.8) is 0 Å². The topological polar surface area (TPSA) is 66.8 Å². The Morgan fingerprint density at radius 1 is 1.56 bits per heavy atom. The van der Waals surface area contributed by atoms with E-state index in [2.05, 4.69) is 6.58 Å². The van der Waals surface area contributed by atoms with Crippen LogP contribution in [0.3, 0.4) is 0 Å². The predicted octanol–water partition coefficient (Wildman–Crippen LogP) is 1.49. The van der Waals surface area contributed by atoms with Gasteiger partial charge in [-0.15, -0.1) is 0 Å². The van der Waals surface area contributed by atoms with Crippen molar-refractivity contribution in [2.24, 2.45) is 5.92 Å². The average molecular weight is 227 g/mol. The molecule has 1 saturated heterocycles. The Labute approximate surface area is 94.7 Å². The minimum Gasteiger partial charge on any atom is -0.480 e. The number of amides is 1. The van der Waals surface area contributed by atoms with Crippen molar-refractivity contribution in [2.75, 3.05) is 6.54 Å². The number of hydrogen-bond donors (Lipinski definition) is 1. The van der Waals surface area contributed by atoms with Crippen LogP contribution in [0.1, 0.15) is 20.3 Å². The van der Waals surface area contributed by atoms with E-state index in [-0.39, 0.29) is 12.0 Å². The second-order valence-electron chi connectivity index (χ2n) is 4.16. The van der Waals surface area contributed by atoms with E-state index in [1.165, 1.54) is 4.90 Å². The molecule has 0 radical (unpaired) electrons. The molecule has 0 aromatic carbocycles. The molecule has 90 valence electrons. The second-order valence-corrected chi connectivity index (χ2v) is 4.16. The van der Waals surface area contributed by atoms with Gasteiger partial charge in [-0.1, -0.05) is 26.5 Å². The summed E-state index contributed by atoms with van der Waals surface area (Å²) >= 11 is 0. The van der Waals surface area contributed by atoms with E-state index in [1.807, 2.05) is 13.8 Å². The van der Waals surface area contributed by atoms with Crippen LogP contribution in [0.2, 0.25) is 0 Å². The number of carbonyl (C=O) groups is 2. The number of carboxylic acids is 1. The molecular formula is C11H17NO4. The number of nitrogens with zero attached hydrogens (tertiary/aromatic N) is 1. The molecule has 1 fully saturated rings. The van der Waals surface area contributed by atoms with E-state index in [4.69, 9.17) is 9.84 Å². The van der Waals surface area contributed by atoms with Crippen LogP contribution in [0.5, 0.6) is 0 Å². The van der Waals surface area contributed by atoms with Gasteiger partial charge in [0.05, 0.1) is 0 Å². The normalized spacial score (nSPS) is 21.2. The van der Waals surface area contributed by atoms with Crippen molar-refractivity contribution in [3.8, 4) is 0 Å². The van der Waals surface area contributed by atoms with Crippen molar-refractivity contribution in [3.05, 3.63) is 12.7 Å². The zero-order valence-corrected chi connectivity index (χ0v) is 9.55. The number of hydrogen-bond acceptors (Lipinski definition) is 3. The summed E-state index contributed by atoms with van der Waals surface area (Å²) in [6.07, 6.45) is 1.10. The van der Waals surface area contributed by atoms with Crippen molar-refractivity contribution >= 4 is 12.1 Å². The smallest absolute Gasteiger partial charge is 0.411 e. The van der Waals surface area contributed by atoms with E-state index in [9.17, 15) is 9.59 Å². The van der Waals surface area contributed by atoms with E-state index < -0.39 is 18.1 Å². The number of rotatable bonds is 4. The molecule has 1 N–H and O–H groups in total. The highest BCUT2D eigenvalue weighted by Gasteiger charge is 2.39. The highest BCUT2D eigenvalue weighted by Crippen LogP contribution is 2.20. The Morgan fingerprint density at radius 2 is 2.19 bits per heavy atom. The van der Waals surface area contributed by atoms with Gasteiger partial charge in [-0.3, -0.25) is 4.90 Å². The molecule has 0 saturated carbocycles. The Hall–Kier alpha value is -1.52. The zero-order chi connectivity index (χ0) is 12.3. The van der Waals surface area contributed by atoms with Gasteiger partial charge in [0.1, 0.15) is 12.1 Å². The van der Waals surface area contributed by atoms with Gasteiger partial charge in [0.25, 0.3) is 0 Å². The standard InChI is InChI=1S/C11H17NO4/c1-4-9(7(2)3)16-11(15)12-6-5-8(12)10(13)14/h4,7-9H,1,5-6H2,2-3H3,(H,13,14). The number of ether oxygens (including phenoxy) is 1. The largest absolute Gasteiger partial charge is 0.480 e. The molecule has 0 bridgehead atoms. The Bertz CT molecular complexity index is 300. The fraction of sp³-hybridized carbons (Fsp3) is 0.636. The summed E-state index contributed by atoms with van der Waals surface area (Å²) < 4.78 is 5.15. The molecule has 0 aliphatic carbocycles. The van der Waals surface area contributed by atoms with Crippen LogP contribution in [-0.2, 0) is 9.53 Å². The van der Waals surface area contributed by atoms with Gasteiger partial charge in [-0.2, -0.15) is 0 Å². The fourth-order valence-corrected chi connectivity index (χ4v) is 1.50. The van der Waals surface area contributed by atoms with Crippen LogP contribution >= 0.6 is 0 Å². The summed E-state index contributed by atoms with van der Waals surface area (Å²) in [5.74, 6) is -0.853. The molecule has 1 amide bonds. The number of carbonyl (C=O) groups excluding carboxylic acids is 1. The lowest BCUT2D eigenvalue weighted by Crippen LogP contribution is -2.55. The molecule has 0 aromatic heterocycles. The van der Waals surface area contributed by atoms with Gasteiger partial charge in [-0.25, -0.2) is 9.59 Å². The van der Waals surface area contributed by atoms with Crippen molar-refractivity contribution in [1.82, 2.24) is 4.90 Å². The second kappa shape index (κ2) is 5.01. The number of likely N-dealkylation sites (tertiary alicyclic amines) is 1. The van der Waals surface area contributed by atoms with Gasteiger partial charge in [0, 0.05) is 6.54 Å². The summed E-state index contributed by atoms with van der Waals surface area (Å²) in [7, 11) is 0.